The van der Waals surface area contributed by atoms with Gasteiger partial charge in [0, 0.05) is 0 Å². The summed E-state index contributed by atoms with van der Waals surface area (Å²) in [5.74, 6) is 0. The normalized spacial score (nSPS) is 10.5. The Hall–Kier alpha value is -2.08. The third-order valence-electron chi connectivity index (χ3n) is 2.70. The molecular formula is C16H10. The molecule has 16 heavy (non-hydrogen) atoms. The van der Waals surface area contributed by atoms with Crippen LogP contribution < -0.4 is 0 Å². The van der Waals surface area contributed by atoms with Gasteiger partial charge in [-0.3, -0.25) is 0 Å². The summed E-state index contributed by atoms with van der Waals surface area (Å²) in [5, 5.41) is 2.47. The van der Waals surface area contributed by atoms with Crippen LogP contribution in [0.1, 0.15) is 0 Å². The molecule has 0 nitrogen and oxygen atoms in total. The van der Waals surface area contributed by atoms with Crippen molar-refractivity contribution in [1.29, 1.82) is 0 Å². The molecule has 0 unspecified atom stereocenters. The number of rotatable bonds is 1. The standard InChI is InChI=1S/C16H10/c1-2-7-13(8-3-1)16-12-6-10-14-9-4-5-11-15(14)16/h1-7,9-11H. The lowest BCUT2D eigenvalue weighted by Gasteiger charge is -2.05. The third-order valence-corrected chi connectivity index (χ3v) is 2.70. The van der Waals surface area contributed by atoms with E-state index in [9.17, 15) is 0 Å². The van der Waals surface area contributed by atoms with Crippen LogP contribution in [-0.2, 0) is 0 Å². The molecule has 74 valence electrons. The van der Waals surface area contributed by atoms with Gasteiger partial charge in [-0.25, -0.2) is 0 Å². The Balaban J connectivity index is 2.32. The molecule has 0 bridgehead atoms. The molecule has 0 amide bonds. The maximum Gasteiger partial charge on any atom is -0.00204 e. The highest BCUT2D eigenvalue weighted by molar-refractivity contribution is 5.96. The Morgan fingerprint density at radius 3 is 2.44 bits per heavy atom. The highest BCUT2D eigenvalue weighted by atomic mass is 14.0. The van der Waals surface area contributed by atoms with Crippen molar-refractivity contribution >= 4 is 10.8 Å². The molecular weight excluding hydrogens is 192 g/mol. The quantitative estimate of drug-likeness (QED) is 0.557. The maximum absolute atomic E-state index is 3.30. The molecule has 0 saturated heterocycles. The van der Waals surface area contributed by atoms with Gasteiger partial charge in [0.2, 0.25) is 0 Å². The first-order valence-corrected chi connectivity index (χ1v) is 5.32. The molecule has 0 aromatic heterocycles. The van der Waals surface area contributed by atoms with Gasteiger partial charge < -0.3 is 0 Å². The van der Waals surface area contributed by atoms with Crippen LogP contribution in [0.5, 0.6) is 0 Å². The van der Waals surface area contributed by atoms with E-state index in [2.05, 4.69) is 48.5 Å². The number of hydrogen-bond acceptors (Lipinski definition) is 0. The number of hydrogen-bond donors (Lipinski definition) is 0. The lowest BCUT2D eigenvalue weighted by molar-refractivity contribution is 1.63. The molecule has 0 heteroatoms. The van der Waals surface area contributed by atoms with E-state index in [0.717, 1.165) is 11.1 Å². The van der Waals surface area contributed by atoms with Gasteiger partial charge >= 0.3 is 0 Å². The molecule has 0 fully saturated rings. The van der Waals surface area contributed by atoms with Crippen LogP contribution in [-0.4, -0.2) is 0 Å². The first-order valence-electron chi connectivity index (χ1n) is 5.32. The van der Waals surface area contributed by atoms with Crippen molar-refractivity contribution in [2.24, 2.45) is 0 Å². The highest BCUT2D eigenvalue weighted by Crippen LogP contribution is 2.27. The van der Waals surface area contributed by atoms with Crippen LogP contribution in [0, 0.1) is 12.1 Å². The summed E-state index contributed by atoms with van der Waals surface area (Å²) in [5.41, 5.74) is 2.22. The highest BCUT2D eigenvalue weighted by Gasteiger charge is 2.02. The average molecular weight is 202 g/mol. The van der Waals surface area contributed by atoms with E-state index in [1.807, 2.05) is 24.3 Å². The van der Waals surface area contributed by atoms with E-state index in [-0.39, 0.29) is 0 Å². The Labute approximate surface area is 95.2 Å². The van der Waals surface area contributed by atoms with Gasteiger partial charge in [-0.05, 0) is 34.0 Å². The van der Waals surface area contributed by atoms with Gasteiger partial charge in [-0.15, -0.1) is 0 Å². The molecule has 0 saturated carbocycles. The number of fused-ring (bicyclic) bond motifs is 1. The van der Waals surface area contributed by atoms with Crippen molar-refractivity contribution in [3.63, 3.8) is 0 Å². The molecule has 3 aromatic carbocycles. The van der Waals surface area contributed by atoms with Crippen LogP contribution in [0.3, 0.4) is 0 Å². The second-order valence-corrected chi connectivity index (χ2v) is 3.72. The van der Waals surface area contributed by atoms with E-state index in [0.29, 0.717) is 0 Å². The van der Waals surface area contributed by atoms with Gasteiger partial charge in [-0.2, -0.15) is 0 Å². The van der Waals surface area contributed by atoms with Crippen LogP contribution in [0.4, 0.5) is 0 Å². The third kappa shape index (κ3) is 1.49. The molecule has 0 atom stereocenters. The summed E-state index contributed by atoms with van der Waals surface area (Å²) >= 11 is 0. The second kappa shape index (κ2) is 3.82. The molecule has 3 rings (SSSR count). The molecule has 0 aliphatic carbocycles. The topological polar surface area (TPSA) is 0 Å². The smallest absolute Gasteiger partial charge is 0.00204 e. The number of benzene rings is 3. The minimum atomic E-state index is 1.10. The first-order chi connectivity index (χ1) is 7.95. The van der Waals surface area contributed by atoms with Gasteiger partial charge in [-0.1, -0.05) is 60.7 Å². The molecule has 0 aliphatic heterocycles. The van der Waals surface area contributed by atoms with Crippen molar-refractivity contribution in [3.8, 4) is 11.1 Å². The van der Waals surface area contributed by atoms with Gasteiger partial charge in [0.1, 0.15) is 0 Å². The van der Waals surface area contributed by atoms with Crippen molar-refractivity contribution in [3.05, 3.63) is 72.8 Å². The molecule has 3 aromatic rings. The molecule has 2 radical (unpaired) electrons. The van der Waals surface area contributed by atoms with E-state index >= 15 is 0 Å². The Morgan fingerprint density at radius 1 is 0.688 bits per heavy atom. The first kappa shape index (κ1) is 9.17. The van der Waals surface area contributed by atoms with Crippen LogP contribution in [0.2, 0.25) is 0 Å². The summed E-state index contributed by atoms with van der Waals surface area (Å²) in [6.07, 6.45) is 0. The minimum Gasteiger partial charge on any atom is -0.0616 e. The zero-order chi connectivity index (χ0) is 10.8. The SMILES string of the molecule is [c]1ccccc1-c1[c]ccc2ccccc12. The average Bonchev–Trinajstić information content (AvgIpc) is 2.39. The molecule has 0 heterocycles. The predicted molar refractivity (Wildman–Crippen MR) is 67.1 cm³/mol. The molecule has 0 N–H and O–H groups in total. The van der Waals surface area contributed by atoms with E-state index in [4.69, 9.17) is 0 Å². The summed E-state index contributed by atoms with van der Waals surface area (Å²) < 4.78 is 0. The van der Waals surface area contributed by atoms with Crippen molar-refractivity contribution in [2.45, 2.75) is 0 Å². The Morgan fingerprint density at radius 2 is 1.56 bits per heavy atom. The van der Waals surface area contributed by atoms with Crippen LogP contribution in [0.25, 0.3) is 21.9 Å². The van der Waals surface area contributed by atoms with Gasteiger partial charge in [0.15, 0.2) is 0 Å². The lowest BCUT2D eigenvalue weighted by atomic mass is 9.98. The zero-order valence-corrected chi connectivity index (χ0v) is 8.77. The van der Waals surface area contributed by atoms with E-state index in [1.165, 1.54) is 10.8 Å². The monoisotopic (exact) mass is 202 g/mol. The van der Waals surface area contributed by atoms with E-state index < -0.39 is 0 Å². The fourth-order valence-corrected chi connectivity index (χ4v) is 1.93. The predicted octanol–water partition coefficient (Wildman–Crippen LogP) is 4.11. The fourth-order valence-electron chi connectivity index (χ4n) is 1.93. The Kier molecular flexibility index (Phi) is 2.19. The summed E-state index contributed by atoms with van der Waals surface area (Å²) in [6.45, 7) is 0. The minimum absolute atomic E-state index is 1.10. The fraction of sp³-hybridized carbons (Fsp3) is 0. The van der Waals surface area contributed by atoms with Crippen molar-refractivity contribution in [2.75, 3.05) is 0 Å². The van der Waals surface area contributed by atoms with Crippen molar-refractivity contribution < 1.29 is 0 Å². The van der Waals surface area contributed by atoms with E-state index in [1.54, 1.807) is 0 Å². The maximum atomic E-state index is 3.30. The van der Waals surface area contributed by atoms with Crippen molar-refractivity contribution in [1.82, 2.24) is 0 Å². The second-order valence-electron chi connectivity index (χ2n) is 3.72. The summed E-state index contributed by atoms with van der Waals surface area (Å²) in [7, 11) is 0. The van der Waals surface area contributed by atoms with Crippen LogP contribution >= 0.6 is 0 Å². The molecule has 0 spiro atoms. The Bertz CT molecular complexity index is 604. The molecule has 0 aliphatic rings. The largest absolute Gasteiger partial charge is 0.0616 e. The van der Waals surface area contributed by atoms with Crippen LogP contribution in [0.15, 0.2) is 60.7 Å². The summed E-state index contributed by atoms with van der Waals surface area (Å²) in [4.78, 5) is 0. The summed E-state index contributed by atoms with van der Waals surface area (Å²) in [6, 6.07) is 27.0. The lowest BCUT2D eigenvalue weighted by Crippen LogP contribution is -1.80. The van der Waals surface area contributed by atoms with Gasteiger partial charge in [0.25, 0.3) is 0 Å². The van der Waals surface area contributed by atoms with Gasteiger partial charge in [0.05, 0.1) is 0 Å². The zero-order valence-electron chi connectivity index (χ0n) is 8.77.